The van der Waals surface area contributed by atoms with Crippen LogP contribution in [0.25, 0.3) is 38.9 Å². The lowest BCUT2D eigenvalue weighted by Gasteiger charge is -2.34. The molecule has 2 unspecified atom stereocenters. The van der Waals surface area contributed by atoms with Crippen LogP contribution in [0.4, 0.5) is 0 Å². The maximum absolute atomic E-state index is 12.3. The second-order valence-corrected chi connectivity index (χ2v) is 13.1. The van der Waals surface area contributed by atoms with Crippen molar-refractivity contribution in [1.29, 1.82) is 0 Å². The minimum absolute atomic E-state index is 0.244. The second kappa shape index (κ2) is 10.2. The molecule has 5 aromatic carbocycles. The molecule has 0 saturated carbocycles. The quantitative estimate of drug-likeness (QED) is 0.224. The average molecular weight is 587 g/mol. The van der Waals surface area contributed by atoms with Crippen LogP contribution in [-0.2, 0) is 0 Å². The van der Waals surface area contributed by atoms with Crippen molar-refractivity contribution in [1.82, 2.24) is 9.55 Å². The molecule has 0 fully saturated rings. The predicted octanol–water partition coefficient (Wildman–Crippen LogP) is 10.0. The first-order valence-electron chi connectivity index (χ1n) is 16.0. The summed E-state index contributed by atoms with van der Waals surface area (Å²) in [6.07, 6.45) is 2.43. The number of imidazole rings is 1. The van der Waals surface area contributed by atoms with Gasteiger partial charge >= 0.3 is 0 Å². The fourth-order valence-corrected chi connectivity index (χ4v) is 8.34. The lowest BCUT2D eigenvalue weighted by atomic mass is 9.74. The molecule has 3 nitrogen and oxygen atoms in total. The number of hydrogen-bond donors (Lipinski definition) is 1. The van der Waals surface area contributed by atoms with Gasteiger partial charge in [0, 0.05) is 22.6 Å². The molecule has 0 radical (unpaired) electrons. The summed E-state index contributed by atoms with van der Waals surface area (Å²) in [5, 5.41) is 12.3. The largest absolute Gasteiger partial charge is 0.369 e. The monoisotopic (exact) mass is 586 g/mol. The zero-order valence-electron chi connectivity index (χ0n) is 26.9. The highest BCUT2D eigenvalue weighted by atomic mass is 16.3. The molecule has 1 aliphatic carbocycles. The predicted molar refractivity (Wildman–Crippen MR) is 186 cm³/mol. The van der Waals surface area contributed by atoms with Crippen LogP contribution >= 0.6 is 0 Å². The number of benzene rings is 5. The fraction of sp³-hybridized carbons (Fsp3) is 0.214. The van der Waals surface area contributed by atoms with Crippen molar-refractivity contribution in [2.45, 2.75) is 60.1 Å². The van der Waals surface area contributed by atoms with E-state index in [0.717, 1.165) is 51.1 Å². The molecule has 2 heterocycles. The van der Waals surface area contributed by atoms with E-state index >= 15 is 0 Å². The smallest absolute Gasteiger partial charge is 0.159 e. The number of aryl methyl sites for hydroxylation is 6. The third kappa shape index (κ3) is 4.04. The molecule has 2 aliphatic rings. The Labute approximate surface area is 265 Å². The zero-order chi connectivity index (χ0) is 31.1. The summed E-state index contributed by atoms with van der Waals surface area (Å²) in [6, 6.07) is 30.6. The van der Waals surface area contributed by atoms with Crippen molar-refractivity contribution in [3.8, 4) is 22.3 Å². The minimum Gasteiger partial charge on any atom is -0.369 e. The summed E-state index contributed by atoms with van der Waals surface area (Å²) in [4.78, 5) is 5.44. The first-order chi connectivity index (χ1) is 21.7. The standard InChI is InChI=1S/C42H38N2O/c1-23-11-7-12-24(2)36(23)29-21-34(38-27(5)15-9-16-28(38)6)40-35(22-29)44-41(43-40)32-20-19-31(37-25(3)13-8-14-26(37)4)30-17-10-18-33(39(30)32)42(44)45/h7-18,20-22,31,42,45H,19H2,1-6H3. The van der Waals surface area contributed by atoms with Crippen LogP contribution in [0.1, 0.15) is 80.0 Å². The molecule has 0 bridgehead atoms. The summed E-state index contributed by atoms with van der Waals surface area (Å²) < 4.78 is 2.08. The lowest BCUT2D eigenvalue weighted by molar-refractivity contribution is 0.146. The van der Waals surface area contributed by atoms with Crippen LogP contribution in [0, 0.1) is 41.5 Å². The lowest BCUT2D eigenvalue weighted by Crippen LogP contribution is -2.24. The van der Waals surface area contributed by atoms with Crippen molar-refractivity contribution in [3.63, 3.8) is 0 Å². The van der Waals surface area contributed by atoms with E-state index in [2.05, 4.69) is 137 Å². The molecule has 3 heteroatoms. The highest BCUT2D eigenvalue weighted by Gasteiger charge is 2.37. The van der Waals surface area contributed by atoms with Gasteiger partial charge in [-0.15, -0.1) is 0 Å². The first kappa shape index (κ1) is 27.8. The van der Waals surface area contributed by atoms with Crippen molar-refractivity contribution >= 4 is 16.6 Å². The Bertz CT molecular complexity index is 2170. The number of fused-ring (bicyclic) bond motifs is 4. The van der Waals surface area contributed by atoms with Gasteiger partial charge in [0.25, 0.3) is 0 Å². The maximum Gasteiger partial charge on any atom is 0.159 e. The minimum atomic E-state index is -0.840. The van der Waals surface area contributed by atoms with Crippen LogP contribution in [0.15, 0.2) is 91.0 Å². The number of hydrogen-bond acceptors (Lipinski definition) is 2. The summed E-state index contributed by atoms with van der Waals surface area (Å²) in [6.45, 7) is 13.2. The van der Waals surface area contributed by atoms with Gasteiger partial charge in [0.1, 0.15) is 5.82 Å². The van der Waals surface area contributed by atoms with E-state index in [4.69, 9.17) is 4.98 Å². The van der Waals surface area contributed by atoms with Crippen molar-refractivity contribution in [2.75, 3.05) is 0 Å². The number of nitrogens with zero attached hydrogens (tertiary/aromatic N) is 2. The van der Waals surface area contributed by atoms with Crippen molar-refractivity contribution < 1.29 is 5.11 Å². The summed E-state index contributed by atoms with van der Waals surface area (Å²) >= 11 is 0. The molecule has 2 atom stereocenters. The van der Waals surface area contributed by atoms with Crippen LogP contribution in [-0.4, -0.2) is 14.7 Å². The topological polar surface area (TPSA) is 38.0 Å². The van der Waals surface area contributed by atoms with Crippen LogP contribution < -0.4 is 0 Å². The Kier molecular flexibility index (Phi) is 6.27. The van der Waals surface area contributed by atoms with Gasteiger partial charge in [0.15, 0.2) is 6.23 Å². The third-order valence-electron chi connectivity index (χ3n) is 10.3. The molecule has 8 rings (SSSR count). The molecule has 0 amide bonds. The number of aliphatic hydroxyl groups excluding tert-OH is 1. The molecule has 0 saturated heterocycles. The molecular weight excluding hydrogens is 548 g/mol. The van der Waals surface area contributed by atoms with Gasteiger partial charge in [-0.25, -0.2) is 4.98 Å². The summed E-state index contributed by atoms with van der Waals surface area (Å²) in [7, 11) is 0. The van der Waals surface area contributed by atoms with Gasteiger partial charge in [-0.3, -0.25) is 4.57 Å². The SMILES string of the molecule is Cc1cccc(C)c1-c1cc(-c2c(C)cccc2C)c2nc3n(c2c1)C(O)c1cccc2c1C3=CCC2c1c(C)cccc1C. The van der Waals surface area contributed by atoms with Crippen LogP contribution in [0.2, 0.25) is 0 Å². The van der Waals surface area contributed by atoms with Crippen LogP contribution in [0.3, 0.4) is 0 Å². The first-order valence-corrected chi connectivity index (χ1v) is 16.0. The van der Waals surface area contributed by atoms with E-state index in [1.54, 1.807) is 0 Å². The van der Waals surface area contributed by atoms with Gasteiger partial charge in [0.05, 0.1) is 11.0 Å². The van der Waals surface area contributed by atoms with E-state index in [1.807, 2.05) is 0 Å². The number of aromatic nitrogens is 2. The molecule has 1 aromatic heterocycles. The average Bonchev–Trinajstić information content (AvgIpc) is 3.40. The normalized spacial score (nSPS) is 16.8. The van der Waals surface area contributed by atoms with Crippen LogP contribution in [0.5, 0.6) is 0 Å². The van der Waals surface area contributed by atoms with Crippen molar-refractivity contribution in [3.05, 3.63) is 152 Å². The Morgan fingerprint density at radius 2 is 1.20 bits per heavy atom. The van der Waals surface area contributed by atoms with Gasteiger partial charge in [-0.05, 0) is 127 Å². The van der Waals surface area contributed by atoms with E-state index in [9.17, 15) is 5.11 Å². The highest BCUT2D eigenvalue weighted by Crippen LogP contribution is 2.50. The molecule has 6 aromatic rings. The Hall–Kier alpha value is -4.73. The Balaban J connectivity index is 1.43. The van der Waals surface area contributed by atoms with Crippen molar-refractivity contribution in [2.24, 2.45) is 0 Å². The second-order valence-electron chi connectivity index (χ2n) is 13.1. The highest BCUT2D eigenvalue weighted by molar-refractivity contribution is 6.01. The molecule has 222 valence electrons. The summed E-state index contributed by atoms with van der Waals surface area (Å²) in [5.41, 5.74) is 20.1. The van der Waals surface area contributed by atoms with Gasteiger partial charge in [0.2, 0.25) is 0 Å². The Morgan fingerprint density at radius 1 is 0.644 bits per heavy atom. The maximum atomic E-state index is 12.3. The molecule has 1 N–H and O–H groups in total. The molecular formula is C42H38N2O. The number of aliphatic hydroxyl groups is 1. The van der Waals surface area contributed by atoms with Gasteiger partial charge in [-0.1, -0.05) is 78.9 Å². The molecule has 0 spiro atoms. The van der Waals surface area contributed by atoms with E-state index in [1.165, 1.54) is 55.6 Å². The molecule has 1 aliphatic heterocycles. The fourth-order valence-electron chi connectivity index (χ4n) is 8.34. The number of rotatable bonds is 3. The Morgan fingerprint density at radius 3 is 1.84 bits per heavy atom. The van der Waals surface area contributed by atoms with Gasteiger partial charge in [-0.2, -0.15) is 0 Å². The van der Waals surface area contributed by atoms with Gasteiger partial charge < -0.3 is 5.11 Å². The number of allylic oxidation sites excluding steroid dienone is 1. The zero-order valence-corrected chi connectivity index (χ0v) is 26.9. The van der Waals surface area contributed by atoms with E-state index < -0.39 is 6.23 Å². The van der Waals surface area contributed by atoms with E-state index in [-0.39, 0.29) is 5.92 Å². The third-order valence-corrected chi connectivity index (χ3v) is 10.3. The van der Waals surface area contributed by atoms with E-state index in [0.29, 0.717) is 0 Å². The molecule has 45 heavy (non-hydrogen) atoms. The summed E-state index contributed by atoms with van der Waals surface area (Å²) in [5.74, 6) is 1.09.